The van der Waals surface area contributed by atoms with Crippen LogP contribution in [0.15, 0.2) is 39.7 Å². The van der Waals surface area contributed by atoms with Gasteiger partial charge in [0.1, 0.15) is 11.3 Å². The molecule has 0 bridgehead atoms. The second kappa shape index (κ2) is 8.28. The summed E-state index contributed by atoms with van der Waals surface area (Å²) in [5.74, 6) is 0.172. The van der Waals surface area contributed by atoms with Crippen LogP contribution in [0.1, 0.15) is 23.2 Å². The van der Waals surface area contributed by atoms with Crippen molar-refractivity contribution in [3.63, 3.8) is 0 Å². The summed E-state index contributed by atoms with van der Waals surface area (Å²) < 4.78 is 5.18. The van der Waals surface area contributed by atoms with Gasteiger partial charge in [0.15, 0.2) is 0 Å². The van der Waals surface area contributed by atoms with Crippen molar-refractivity contribution in [1.29, 1.82) is 0 Å². The summed E-state index contributed by atoms with van der Waals surface area (Å²) in [5, 5.41) is 2.69. The van der Waals surface area contributed by atoms with Gasteiger partial charge in [-0.1, -0.05) is 0 Å². The van der Waals surface area contributed by atoms with E-state index in [1.165, 1.54) is 12.3 Å². The highest BCUT2D eigenvalue weighted by atomic mass is 35.5. The fourth-order valence-electron chi connectivity index (χ4n) is 1.79. The van der Waals surface area contributed by atoms with Crippen LogP contribution >= 0.6 is 12.4 Å². The van der Waals surface area contributed by atoms with Crippen molar-refractivity contribution in [2.75, 3.05) is 13.1 Å². The number of nitrogens with one attached hydrogen (secondary N) is 2. The van der Waals surface area contributed by atoms with Crippen LogP contribution in [0.2, 0.25) is 0 Å². The molecule has 0 radical (unpaired) electrons. The van der Waals surface area contributed by atoms with Gasteiger partial charge in [0.05, 0.1) is 12.0 Å². The molecule has 0 aromatic carbocycles. The Labute approximate surface area is 128 Å². The van der Waals surface area contributed by atoms with Gasteiger partial charge in [-0.15, -0.1) is 12.4 Å². The van der Waals surface area contributed by atoms with Gasteiger partial charge in [-0.05, 0) is 43.7 Å². The van der Waals surface area contributed by atoms with Crippen molar-refractivity contribution >= 4 is 18.3 Å². The van der Waals surface area contributed by atoms with E-state index >= 15 is 0 Å². The number of rotatable bonds is 6. The molecular weight excluding hydrogens is 294 g/mol. The van der Waals surface area contributed by atoms with Gasteiger partial charge in [0, 0.05) is 6.54 Å². The normalized spacial score (nSPS) is 9.95. The van der Waals surface area contributed by atoms with Gasteiger partial charge in [-0.2, -0.15) is 0 Å². The van der Waals surface area contributed by atoms with E-state index in [4.69, 9.17) is 10.2 Å². The van der Waals surface area contributed by atoms with Crippen molar-refractivity contribution in [3.8, 4) is 11.5 Å². The van der Waals surface area contributed by atoms with E-state index in [-0.39, 0.29) is 23.9 Å². The Bertz CT molecular complexity index is 623. The number of unbranched alkanes of at least 4 members (excludes halogenated alkanes) is 1. The molecule has 0 fully saturated rings. The number of halogens is 1. The van der Waals surface area contributed by atoms with Crippen molar-refractivity contribution < 1.29 is 9.21 Å². The third-order valence-electron chi connectivity index (χ3n) is 2.86. The molecule has 2 aromatic rings. The number of aromatic nitrogens is 1. The lowest BCUT2D eigenvalue weighted by Gasteiger charge is -2.04. The molecular formula is C14H18ClN3O3. The summed E-state index contributed by atoms with van der Waals surface area (Å²) in [4.78, 5) is 26.4. The summed E-state index contributed by atoms with van der Waals surface area (Å²) in [7, 11) is 0. The summed E-state index contributed by atoms with van der Waals surface area (Å²) in [6.45, 7) is 1.10. The zero-order valence-electron chi connectivity index (χ0n) is 11.4. The van der Waals surface area contributed by atoms with E-state index in [0.717, 1.165) is 12.8 Å². The Hall–Kier alpha value is -2.05. The molecule has 114 valence electrons. The fraction of sp³-hybridized carbons (Fsp3) is 0.286. The van der Waals surface area contributed by atoms with E-state index in [0.29, 0.717) is 24.5 Å². The SMILES string of the molecule is Cl.NCCCCNC(=O)c1ccc(-c2ccco2)[nH]c1=O. The number of carbonyl (C=O) groups is 1. The standard InChI is InChI=1S/C14H17N3O3.ClH/c15-7-1-2-8-16-13(18)10-5-6-11(17-14(10)19)12-4-3-9-20-12;/h3-6,9H,1-2,7-8,15H2,(H,16,18)(H,17,19);1H. The molecule has 2 heterocycles. The van der Waals surface area contributed by atoms with Crippen molar-refractivity contribution in [1.82, 2.24) is 10.3 Å². The number of pyridine rings is 1. The first-order chi connectivity index (χ1) is 9.72. The van der Waals surface area contributed by atoms with Crippen LogP contribution in [0.4, 0.5) is 0 Å². The average molecular weight is 312 g/mol. The van der Waals surface area contributed by atoms with Crippen LogP contribution in [-0.2, 0) is 0 Å². The lowest BCUT2D eigenvalue weighted by molar-refractivity contribution is 0.0951. The van der Waals surface area contributed by atoms with Crippen molar-refractivity contribution in [3.05, 3.63) is 46.4 Å². The van der Waals surface area contributed by atoms with Gasteiger partial charge in [-0.3, -0.25) is 9.59 Å². The van der Waals surface area contributed by atoms with Gasteiger partial charge in [-0.25, -0.2) is 0 Å². The summed E-state index contributed by atoms with van der Waals surface area (Å²) in [6, 6.07) is 6.60. The van der Waals surface area contributed by atoms with Crippen molar-refractivity contribution in [2.24, 2.45) is 5.73 Å². The summed E-state index contributed by atoms with van der Waals surface area (Å²) >= 11 is 0. The smallest absolute Gasteiger partial charge is 0.261 e. The second-order valence-electron chi connectivity index (χ2n) is 4.34. The molecule has 21 heavy (non-hydrogen) atoms. The van der Waals surface area contributed by atoms with E-state index < -0.39 is 5.56 Å². The van der Waals surface area contributed by atoms with Crippen LogP contribution in [0, 0.1) is 0 Å². The van der Waals surface area contributed by atoms with E-state index in [1.54, 1.807) is 18.2 Å². The van der Waals surface area contributed by atoms with Crippen LogP contribution in [-0.4, -0.2) is 24.0 Å². The van der Waals surface area contributed by atoms with Crippen molar-refractivity contribution in [2.45, 2.75) is 12.8 Å². The quantitative estimate of drug-likeness (QED) is 0.704. The predicted molar refractivity (Wildman–Crippen MR) is 82.6 cm³/mol. The monoisotopic (exact) mass is 311 g/mol. The summed E-state index contributed by atoms with van der Waals surface area (Å²) in [5.41, 5.74) is 5.56. The third kappa shape index (κ3) is 4.47. The fourth-order valence-corrected chi connectivity index (χ4v) is 1.79. The van der Waals surface area contributed by atoms with E-state index in [9.17, 15) is 9.59 Å². The first-order valence-electron chi connectivity index (χ1n) is 6.48. The molecule has 0 aliphatic heterocycles. The zero-order chi connectivity index (χ0) is 14.4. The Morgan fingerprint density at radius 1 is 1.29 bits per heavy atom. The first-order valence-corrected chi connectivity index (χ1v) is 6.48. The summed E-state index contributed by atoms with van der Waals surface area (Å²) in [6.07, 6.45) is 3.16. The minimum atomic E-state index is -0.435. The maximum atomic E-state index is 11.9. The number of hydrogen-bond acceptors (Lipinski definition) is 4. The topological polar surface area (TPSA) is 101 Å². The highest BCUT2D eigenvalue weighted by Crippen LogP contribution is 2.15. The third-order valence-corrected chi connectivity index (χ3v) is 2.86. The molecule has 2 aromatic heterocycles. The molecule has 0 aliphatic rings. The Balaban J connectivity index is 0.00000220. The molecule has 7 heteroatoms. The second-order valence-corrected chi connectivity index (χ2v) is 4.34. The number of nitrogens with two attached hydrogens (primary N) is 1. The molecule has 4 N–H and O–H groups in total. The highest BCUT2D eigenvalue weighted by molar-refractivity contribution is 5.93. The zero-order valence-corrected chi connectivity index (χ0v) is 12.2. The molecule has 1 amide bonds. The van der Waals surface area contributed by atoms with Gasteiger partial charge in [0.25, 0.3) is 11.5 Å². The number of aromatic amines is 1. The Morgan fingerprint density at radius 2 is 2.10 bits per heavy atom. The molecule has 6 nitrogen and oxygen atoms in total. The maximum absolute atomic E-state index is 11.9. The average Bonchev–Trinajstić information content (AvgIpc) is 2.97. The Kier molecular flexibility index (Phi) is 6.71. The Morgan fingerprint density at radius 3 is 2.71 bits per heavy atom. The van der Waals surface area contributed by atoms with Crippen LogP contribution < -0.4 is 16.6 Å². The minimum Gasteiger partial charge on any atom is -0.463 e. The van der Waals surface area contributed by atoms with Crippen LogP contribution in [0.3, 0.4) is 0 Å². The molecule has 0 unspecified atom stereocenters. The lowest BCUT2D eigenvalue weighted by Crippen LogP contribution is -2.30. The molecule has 0 spiro atoms. The molecule has 2 rings (SSSR count). The molecule has 0 saturated heterocycles. The molecule has 0 atom stereocenters. The number of amides is 1. The number of carbonyl (C=O) groups excluding carboxylic acids is 1. The number of H-pyrrole nitrogens is 1. The predicted octanol–water partition coefficient (Wildman–Crippen LogP) is 1.53. The van der Waals surface area contributed by atoms with Gasteiger partial charge in [0.2, 0.25) is 0 Å². The minimum absolute atomic E-state index is 0. The highest BCUT2D eigenvalue weighted by Gasteiger charge is 2.11. The number of hydrogen-bond donors (Lipinski definition) is 3. The van der Waals surface area contributed by atoms with Gasteiger partial charge >= 0.3 is 0 Å². The first kappa shape index (κ1) is 17.0. The van der Waals surface area contributed by atoms with E-state index in [2.05, 4.69) is 10.3 Å². The van der Waals surface area contributed by atoms with E-state index in [1.807, 2.05) is 0 Å². The maximum Gasteiger partial charge on any atom is 0.261 e. The molecule has 0 aliphatic carbocycles. The van der Waals surface area contributed by atoms with Crippen LogP contribution in [0.25, 0.3) is 11.5 Å². The number of furan rings is 1. The van der Waals surface area contributed by atoms with Gasteiger partial charge < -0.3 is 20.5 Å². The molecule has 0 saturated carbocycles. The largest absolute Gasteiger partial charge is 0.463 e. The lowest BCUT2D eigenvalue weighted by atomic mass is 10.2. The van der Waals surface area contributed by atoms with Crippen LogP contribution in [0.5, 0.6) is 0 Å².